The summed E-state index contributed by atoms with van der Waals surface area (Å²) in [5.41, 5.74) is -0.681. The highest BCUT2D eigenvalue weighted by Gasteiger charge is 2.29. The van der Waals surface area contributed by atoms with Crippen molar-refractivity contribution in [3.8, 4) is 0 Å². The van der Waals surface area contributed by atoms with Crippen molar-refractivity contribution in [2.45, 2.75) is 63.9 Å². The maximum Gasteiger partial charge on any atom is 0.137 e. The largest absolute Gasteiger partial charge is 0.388 e. The van der Waals surface area contributed by atoms with Crippen LogP contribution >= 0.6 is 15.9 Å². The van der Waals surface area contributed by atoms with E-state index in [0.29, 0.717) is 6.54 Å². The lowest BCUT2D eigenvalue weighted by atomic mass is 9.85. The molecule has 5 heteroatoms. The Bertz CT molecular complexity index is 465. The zero-order chi connectivity index (χ0) is 14.8. The molecule has 1 fully saturated rings. The summed E-state index contributed by atoms with van der Waals surface area (Å²) in [6.45, 7) is 6.83. The lowest BCUT2D eigenvalue weighted by molar-refractivity contribution is 0.0166. The summed E-state index contributed by atoms with van der Waals surface area (Å²) < 4.78 is 0.774. The van der Waals surface area contributed by atoms with Crippen LogP contribution in [-0.4, -0.2) is 27.2 Å². The van der Waals surface area contributed by atoms with Crippen LogP contribution in [0.2, 0.25) is 0 Å². The fourth-order valence-corrected chi connectivity index (χ4v) is 2.87. The first kappa shape index (κ1) is 15.7. The van der Waals surface area contributed by atoms with Gasteiger partial charge in [-0.15, -0.1) is 0 Å². The molecule has 1 aromatic rings. The van der Waals surface area contributed by atoms with Crippen molar-refractivity contribution < 1.29 is 5.11 Å². The van der Waals surface area contributed by atoms with Crippen molar-refractivity contribution in [1.29, 1.82) is 0 Å². The van der Waals surface area contributed by atoms with Crippen LogP contribution in [0.4, 0.5) is 5.82 Å². The van der Waals surface area contributed by atoms with Crippen LogP contribution in [0.3, 0.4) is 0 Å². The predicted molar refractivity (Wildman–Crippen MR) is 85.0 cm³/mol. The van der Waals surface area contributed by atoms with Gasteiger partial charge in [0.2, 0.25) is 0 Å². The van der Waals surface area contributed by atoms with E-state index >= 15 is 0 Å². The lowest BCUT2D eigenvalue weighted by Crippen LogP contribution is -2.39. The van der Waals surface area contributed by atoms with Crippen LogP contribution < -0.4 is 5.32 Å². The summed E-state index contributed by atoms with van der Waals surface area (Å²) in [6.07, 6.45) is 5.20. The molecular formula is C15H24BrN3O. The Morgan fingerprint density at radius 3 is 2.50 bits per heavy atom. The molecule has 20 heavy (non-hydrogen) atoms. The van der Waals surface area contributed by atoms with E-state index in [1.807, 2.05) is 6.07 Å². The number of nitrogens with zero attached hydrogens (tertiary/aromatic N) is 2. The zero-order valence-corrected chi connectivity index (χ0v) is 14.1. The van der Waals surface area contributed by atoms with E-state index in [-0.39, 0.29) is 5.41 Å². The van der Waals surface area contributed by atoms with Gasteiger partial charge in [0.25, 0.3) is 0 Å². The molecule has 1 saturated carbocycles. The fraction of sp³-hybridized carbons (Fsp3) is 0.733. The normalized spacial score (nSPS) is 18.9. The van der Waals surface area contributed by atoms with Crippen LogP contribution in [0.15, 0.2) is 10.7 Å². The minimum absolute atomic E-state index is 0.0953. The Balaban J connectivity index is 2.07. The Labute approximate surface area is 129 Å². The third kappa shape index (κ3) is 4.16. The van der Waals surface area contributed by atoms with Crippen molar-refractivity contribution in [2.24, 2.45) is 0 Å². The Morgan fingerprint density at radius 1 is 1.25 bits per heavy atom. The van der Waals surface area contributed by atoms with E-state index in [4.69, 9.17) is 0 Å². The smallest absolute Gasteiger partial charge is 0.137 e. The van der Waals surface area contributed by atoms with Crippen molar-refractivity contribution in [3.63, 3.8) is 0 Å². The van der Waals surface area contributed by atoms with Gasteiger partial charge in [-0.25, -0.2) is 9.97 Å². The van der Waals surface area contributed by atoms with Crippen molar-refractivity contribution in [1.82, 2.24) is 9.97 Å². The van der Waals surface area contributed by atoms with Crippen LogP contribution in [0.5, 0.6) is 0 Å². The molecule has 1 heterocycles. The molecule has 0 amide bonds. The topological polar surface area (TPSA) is 58.0 Å². The van der Waals surface area contributed by atoms with E-state index in [9.17, 15) is 5.11 Å². The monoisotopic (exact) mass is 341 g/mol. The average Bonchev–Trinajstić information content (AvgIpc) is 2.36. The summed E-state index contributed by atoms with van der Waals surface area (Å²) in [5, 5.41) is 13.8. The van der Waals surface area contributed by atoms with Crippen LogP contribution in [-0.2, 0) is 5.41 Å². The van der Waals surface area contributed by atoms with Gasteiger partial charge in [0.15, 0.2) is 0 Å². The molecule has 0 bridgehead atoms. The fourth-order valence-electron chi connectivity index (χ4n) is 2.49. The van der Waals surface area contributed by atoms with E-state index in [1.165, 1.54) is 6.42 Å². The molecule has 0 aliphatic heterocycles. The third-order valence-electron chi connectivity index (χ3n) is 3.75. The van der Waals surface area contributed by atoms with E-state index in [1.54, 1.807) is 0 Å². The highest BCUT2D eigenvalue weighted by molar-refractivity contribution is 9.10. The van der Waals surface area contributed by atoms with Gasteiger partial charge in [-0.1, -0.05) is 40.0 Å². The molecule has 2 rings (SSSR count). The second-order valence-electron chi connectivity index (χ2n) is 6.79. The number of nitrogens with one attached hydrogen (secondary N) is 1. The number of rotatable bonds is 3. The SMILES string of the molecule is CC(C)(C)c1nc(Br)cc(NCC2(O)CCCCC2)n1. The van der Waals surface area contributed by atoms with E-state index in [0.717, 1.165) is 41.9 Å². The lowest BCUT2D eigenvalue weighted by Gasteiger charge is -2.32. The molecule has 2 N–H and O–H groups in total. The molecule has 0 atom stereocenters. The maximum absolute atomic E-state index is 10.5. The van der Waals surface area contributed by atoms with Gasteiger partial charge in [0, 0.05) is 18.0 Å². The molecule has 1 aliphatic rings. The Kier molecular flexibility index (Phi) is 4.69. The first-order valence-electron chi connectivity index (χ1n) is 7.30. The van der Waals surface area contributed by atoms with Gasteiger partial charge in [-0.05, 0) is 28.8 Å². The van der Waals surface area contributed by atoms with Crippen LogP contribution in [0.25, 0.3) is 0 Å². The summed E-state index contributed by atoms with van der Waals surface area (Å²) in [4.78, 5) is 8.98. The standard InChI is InChI=1S/C15H24BrN3O/c1-14(2,3)13-18-11(16)9-12(19-13)17-10-15(20)7-5-4-6-8-15/h9,20H,4-8,10H2,1-3H3,(H,17,18,19). The Hall–Kier alpha value is -0.680. The second-order valence-corrected chi connectivity index (χ2v) is 7.60. The molecular weight excluding hydrogens is 318 g/mol. The minimum atomic E-state index is -0.586. The van der Waals surface area contributed by atoms with E-state index < -0.39 is 5.60 Å². The molecule has 1 aromatic heterocycles. The molecule has 4 nitrogen and oxygen atoms in total. The van der Waals surface area contributed by atoms with Crippen molar-refractivity contribution in [3.05, 3.63) is 16.5 Å². The molecule has 0 spiro atoms. The van der Waals surface area contributed by atoms with Gasteiger partial charge in [-0.3, -0.25) is 0 Å². The number of aromatic nitrogens is 2. The first-order chi connectivity index (χ1) is 9.28. The summed E-state index contributed by atoms with van der Waals surface area (Å²) in [7, 11) is 0. The number of hydrogen-bond donors (Lipinski definition) is 2. The Morgan fingerprint density at radius 2 is 1.90 bits per heavy atom. The zero-order valence-electron chi connectivity index (χ0n) is 12.5. The van der Waals surface area contributed by atoms with Crippen molar-refractivity contribution >= 4 is 21.7 Å². The number of anilines is 1. The quantitative estimate of drug-likeness (QED) is 0.824. The molecule has 0 unspecified atom stereocenters. The summed E-state index contributed by atoms with van der Waals surface area (Å²) >= 11 is 3.43. The third-order valence-corrected chi connectivity index (χ3v) is 4.15. The van der Waals surface area contributed by atoms with Crippen LogP contribution in [0, 0.1) is 0 Å². The predicted octanol–water partition coefficient (Wildman–Crippen LogP) is 3.64. The molecule has 0 saturated heterocycles. The van der Waals surface area contributed by atoms with Crippen molar-refractivity contribution in [2.75, 3.05) is 11.9 Å². The van der Waals surface area contributed by atoms with E-state index in [2.05, 4.69) is 52.0 Å². The van der Waals surface area contributed by atoms with Crippen LogP contribution in [0.1, 0.15) is 58.7 Å². The maximum atomic E-state index is 10.5. The number of halogens is 1. The van der Waals surface area contributed by atoms with Gasteiger partial charge in [-0.2, -0.15) is 0 Å². The highest BCUT2D eigenvalue weighted by Crippen LogP contribution is 2.29. The summed E-state index contributed by atoms with van der Waals surface area (Å²) in [5.74, 6) is 1.57. The minimum Gasteiger partial charge on any atom is -0.388 e. The van der Waals surface area contributed by atoms with Gasteiger partial charge in [0.05, 0.1) is 5.60 Å². The average molecular weight is 342 g/mol. The molecule has 1 aliphatic carbocycles. The van der Waals surface area contributed by atoms with Gasteiger partial charge >= 0.3 is 0 Å². The first-order valence-corrected chi connectivity index (χ1v) is 8.09. The summed E-state index contributed by atoms with van der Waals surface area (Å²) in [6, 6.07) is 1.86. The molecule has 112 valence electrons. The number of aliphatic hydroxyl groups is 1. The highest BCUT2D eigenvalue weighted by atomic mass is 79.9. The van der Waals surface area contributed by atoms with Gasteiger partial charge in [0.1, 0.15) is 16.2 Å². The van der Waals surface area contributed by atoms with Gasteiger partial charge < -0.3 is 10.4 Å². The molecule has 0 aromatic carbocycles. The molecule has 0 radical (unpaired) electrons. The number of hydrogen-bond acceptors (Lipinski definition) is 4. The second kappa shape index (κ2) is 5.98.